The predicted molar refractivity (Wildman–Crippen MR) is 87.6 cm³/mol. The molecule has 2 atom stereocenters. The van der Waals surface area contributed by atoms with Crippen molar-refractivity contribution < 1.29 is 18.7 Å². The van der Waals surface area contributed by atoms with Gasteiger partial charge in [0.05, 0.1) is 22.6 Å². The van der Waals surface area contributed by atoms with E-state index in [4.69, 9.17) is 0 Å². The number of nitrogens with zero attached hydrogens (tertiary/aromatic N) is 2. The molecule has 6 heteroatoms. The maximum absolute atomic E-state index is 14.6. The summed E-state index contributed by atoms with van der Waals surface area (Å²) in [4.78, 5) is 17.3. The third-order valence-corrected chi connectivity index (χ3v) is 5.59. The van der Waals surface area contributed by atoms with Crippen LogP contribution in [0.2, 0.25) is 0 Å². The van der Waals surface area contributed by atoms with Crippen molar-refractivity contribution in [3.8, 4) is 0 Å². The lowest BCUT2D eigenvalue weighted by molar-refractivity contribution is 0.0691. The lowest BCUT2D eigenvalue weighted by Gasteiger charge is -2.30. The Morgan fingerprint density at radius 2 is 2.00 bits per heavy atom. The summed E-state index contributed by atoms with van der Waals surface area (Å²) in [6, 6.07) is 12.1. The molecule has 0 bridgehead atoms. The number of aromatic carboxylic acids is 1. The van der Waals surface area contributed by atoms with Crippen molar-refractivity contribution >= 4 is 5.97 Å². The second-order valence-corrected chi connectivity index (χ2v) is 6.80. The fourth-order valence-corrected chi connectivity index (χ4v) is 4.22. The minimum Gasteiger partial charge on any atom is -0.478 e. The molecule has 1 saturated heterocycles. The smallest absolute Gasteiger partial charge is 0.337 e. The lowest BCUT2D eigenvalue weighted by Crippen LogP contribution is -2.36. The van der Waals surface area contributed by atoms with E-state index in [-0.39, 0.29) is 18.7 Å². The summed E-state index contributed by atoms with van der Waals surface area (Å²) in [5.74, 6) is -4.49. The minimum atomic E-state index is -2.72. The van der Waals surface area contributed by atoms with Gasteiger partial charge in [0, 0.05) is 19.3 Å². The fourth-order valence-electron chi connectivity index (χ4n) is 4.22. The van der Waals surface area contributed by atoms with Crippen molar-refractivity contribution in [2.75, 3.05) is 13.1 Å². The Morgan fingerprint density at radius 1 is 1.24 bits per heavy atom. The van der Waals surface area contributed by atoms with Crippen molar-refractivity contribution in [2.24, 2.45) is 5.92 Å². The summed E-state index contributed by atoms with van der Waals surface area (Å²) in [5.41, 5.74) is 0.190. The number of benzene rings is 1. The molecule has 4 nitrogen and oxygen atoms in total. The maximum atomic E-state index is 14.6. The van der Waals surface area contributed by atoms with Crippen LogP contribution < -0.4 is 0 Å². The number of hydrogen-bond donors (Lipinski definition) is 1. The molecule has 4 rings (SSSR count). The Hall–Kier alpha value is -2.34. The summed E-state index contributed by atoms with van der Waals surface area (Å²) in [5, 5.41) is 9.25. The molecule has 2 aromatic rings. The highest BCUT2D eigenvalue weighted by Gasteiger charge is 2.81. The molecule has 0 amide bonds. The average Bonchev–Trinajstić information content (AvgIpc) is 3.12. The van der Waals surface area contributed by atoms with Crippen LogP contribution in [0.1, 0.15) is 28.0 Å². The molecule has 1 aliphatic heterocycles. The number of carboxylic acids is 1. The molecule has 1 aliphatic carbocycles. The molecule has 2 heterocycles. The second-order valence-electron chi connectivity index (χ2n) is 6.80. The summed E-state index contributed by atoms with van der Waals surface area (Å²) >= 11 is 0. The standard InChI is InChI=1S/C19H18F2N2O2/c20-19(21)16-12-23(11-15-14(17(24)25)7-4-9-22-15)10-8-18(16,19)13-5-2-1-3-6-13/h1-7,9,16H,8,10-12H2,(H,24,25). The number of halogens is 2. The van der Waals surface area contributed by atoms with Gasteiger partial charge < -0.3 is 5.11 Å². The molecular formula is C19H18F2N2O2. The van der Waals surface area contributed by atoms with E-state index in [1.54, 1.807) is 30.3 Å². The first-order chi connectivity index (χ1) is 12.0. The zero-order chi connectivity index (χ0) is 17.7. The maximum Gasteiger partial charge on any atom is 0.337 e. The van der Waals surface area contributed by atoms with Crippen LogP contribution in [0.4, 0.5) is 8.78 Å². The third-order valence-electron chi connectivity index (χ3n) is 5.59. The van der Waals surface area contributed by atoms with Gasteiger partial charge in [-0.15, -0.1) is 0 Å². The van der Waals surface area contributed by atoms with Crippen LogP contribution in [0.15, 0.2) is 48.7 Å². The van der Waals surface area contributed by atoms with Gasteiger partial charge in [0.15, 0.2) is 0 Å². The molecule has 1 N–H and O–H groups in total. The SMILES string of the molecule is O=C(O)c1cccnc1CN1CCC2(c3ccccc3)C(C1)C2(F)F. The number of carbonyl (C=O) groups is 1. The van der Waals surface area contributed by atoms with E-state index >= 15 is 0 Å². The molecule has 1 aromatic carbocycles. The lowest BCUT2D eigenvalue weighted by atomic mass is 9.87. The number of aromatic nitrogens is 1. The van der Waals surface area contributed by atoms with E-state index in [1.807, 2.05) is 11.0 Å². The normalized spacial score (nSPS) is 27.5. The first-order valence-electron chi connectivity index (χ1n) is 8.29. The van der Waals surface area contributed by atoms with Gasteiger partial charge in [0.25, 0.3) is 5.92 Å². The number of carboxylic acid groups (broad SMARTS) is 1. The first kappa shape index (κ1) is 16.1. The van der Waals surface area contributed by atoms with Crippen molar-refractivity contribution in [1.29, 1.82) is 0 Å². The average molecular weight is 344 g/mol. The van der Waals surface area contributed by atoms with Crippen molar-refractivity contribution in [2.45, 2.75) is 24.3 Å². The van der Waals surface area contributed by atoms with Gasteiger partial charge in [0.1, 0.15) is 0 Å². The molecule has 25 heavy (non-hydrogen) atoms. The summed E-state index contributed by atoms with van der Waals surface area (Å²) in [6.45, 7) is 1.02. The summed E-state index contributed by atoms with van der Waals surface area (Å²) in [6.07, 6.45) is 1.90. The monoisotopic (exact) mass is 344 g/mol. The number of pyridine rings is 1. The fraction of sp³-hybridized carbons (Fsp3) is 0.368. The van der Waals surface area contributed by atoms with E-state index in [0.29, 0.717) is 24.2 Å². The number of fused-ring (bicyclic) bond motifs is 1. The molecule has 2 aliphatic rings. The van der Waals surface area contributed by atoms with Crippen LogP contribution in [0.25, 0.3) is 0 Å². The quantitative estimate of drug-likeness (QED) is 0.925. The Labute approximate surface area is 144 Å². The molecule has 130 valence electrons. The van der Waals surface area contributed by atoms with E-state index in [9.17, 15) is 18.7 Å². The Kier molecular flexibility index (Phi) is 3.61. The predicted octanol–water partition coefficient (Wildman–Crippen LogP) is 3.19. The topological polar surface area (TPSA) is 53.4 Å². The van der Waals surface area contributed by atoms with Gasteiger partial charge >= 0.3 is 5.97 Å². The molecule has 0 radical (unpaired) electrons. The highest BCUT2D eigenvalue weighted by atomic mass is 19.3. The molecule has 2 fully saturated rings. The van der Waals surface area contributed by atoms with Crippen LogP contribution in [0.5, 0.6) is 0 Å². The van der Waals surface area contributed by atoms with Gasteiger partial charge in [-0.1, -0.05) is 30.3 Å². The number of rotatable bonds is 4. The van der Waals surface area contributed by atoms with Crippen molar-refractivity contribution in [1.82, 2.24) is 9.88 Å². The number of likely N-dealkylation sites (tertiary alicyclic amines) is 1. The van der Waals surface area contributed by atoms with E-state index < -0.39 is 23.2 Å². The molecule has 1 aromatic heterocycles. The first-order valence-corrected chi connectivity index (χ1v) is 8.29. The van der Waals surface area contributed by atoms with Crippen LogP contribution in [0, 0.1) is 5.92 Å². The molecule has 0 spiro atoms. The highest BCUT2D eigenvalue weighted by Crippen LogP contribution is 2.70. The highest BCUT2D eigenvalue weighted by molar-refractivity contribution is 5.88. The van der Waals surface area contributed by atoms with Crippen LogP contribution in [-0.4, -0.2) is 40.0 Å². The van der Waals surface area contributed by atoms with E-state index in [1.165, 1.54) is 12.3 Å². The van der Waals surface area contributed by atoms with Gasteiger partial charge in [-0.05, 0) is 30.7 Å². The van der Waals surface area contributed by atoms with Gasteiger partial charge in [-0.3, -0.25) is 9.88 Å². The Morgan fingerprint density at radius 3 is 2.68 bits per heavy atom. The Balaban J connectivity index is 1.55. The number of piperidine rings is 1. The second kappa shape index (κ2) is 5.59. The largest absolute Gasteiger partial charge is 0.478 e. The summed E-state index contributed by atoms with van der Waals surface area (Å²) in [7, 11) is 0. The third kappa shape index (κ3) is 2.35. The van der Waals surface area contributed by atoms with E-state index in [0.717, 1.165) is 0 Å². The number of hydrogen-bond acceptors (Lipinski definition) is 3. The number of alkyl halides is 2. The van der Waals surface area contributed by atoms with Gasteiger partial charge in [-0.25, -0.2) is 13.6 Å². The van der Waals surface area contributed by atoms with Crippen molar-refractivity contribution in [3.05, 3.63) is 65.5 Å². The Bertz CT molecular complexity index is 812. The zero-order valence-corrected chi connectivity index (χ0v) is 13.5. The molecule has 2 unspecified atom stereocenters. The summed E-state index contributed by atoms with van der Waals surface area (Å²) < 4.78 is 29.3. The zero-order valence-electron chi connectivity index (χ0n) is 13.5. The van der Waals surface area contributed by atoms with Crippen molar-refractivity contribution in [3.63, 3.8) is 0 Å². The molecular weight excluding hydrogens is 326 g/mol. The molecule has 1 saturated carbocycles. The van der Waals surface area contributed by atoms with Gasteiger partial charge in [-0.2, -0.15) is 0 Å². The van der Waals surface area contributed by atoms with Crippen LogP contribution in [-0.2, 0) is 12.0 Å². The van der Waals surface area contributed by atoms with E-state index in [2.05, 4.69) is 4.98 Å². The van der Waals surface area contributed by atoms with Crippen LogP contribution in [0.3, 0.4) is 0 Å². The minimum absolute atomic E-state index is 0.130. The van der Waals surface area contributed by atoms with Crippen LogP contribution >= 0.6 is 0 Å². The van der Waals surface area contributed by atoms with Gasteiger partial charge in [0.2, 0.25) is 0 Å².